The first-order chi connectivity index (χ1) is 9.20. The third-order valence-corrected chi connectivity index (χ3v) is 3.11. The van der Waals surface area contributed by atoms with Crippen LogP contribution in [0, 0.1) is 27.4 Å². The average Bonchev–Trinajstić information content (AvgIpc) is 2.45. The summed E-state index contributed by atoms with van der Waals surface area (Å²) >= 11 is 0. The molecule has 0 spiro atoms. The Balaban J connectivity index is 2.01. The molecule has 0 bridgehead atoms. The minimum Gasteiger partial charge on any atom is -0.493 e. The van der Waals surface area contributed by atoms with E-state index in [0.717, 1.165) is 26.1 Å². The molecule has 1 fully saturated rings. The Hall–Kier alpha value is -2.13. The van der Waals surface area contributed by atoms with Crippen LogP contribution in [0.3, 0.4) is 0 Å². The molecule has 0 atom stereocenters. The van der Waals surface area contributed by atoms with E-state index < -0.39 is 4.92 Å². The van der Waals surface area contributed by atoms with Crippen molar-refractivity contribution < 1.29 is 14.4 Å². The lowest BCUT2D eigenvalue weighted by molar-refractivity contribution is -0.385. The summed E-state index contributed by atoms with van der Waals surface area (Å²) in [5.74, 6) is 0.933. The number of benzene rings is 1. The molecule has 0 saturated carbocycles. The van der Waals surface area contributed by atoms with E-state index in [1.807, 2.05) is 6.07 Å². The summed E-state index contributed by atoms with van der Waals surface area (Å²) in [6.07, 6.45) is 1.91. The van der Waals surface area contributed by atoms with Crippen LogP contribution in [0.1, 0.15) is 18.4 Å². The summed E-state index contributed by atoms with van der Waals surface area (Å²) in [6, 6.07) is 6.06. The van der Waals surface area contributed by atoms with Gasteiger partial charge >= 0.3 is 0 Å². The van der Waals surface area contributed by atoms with Crippen LogP contribution in [0.15, 0.2) is 18.2 Å². The van der Waals surface area contributed by atoms with E-state index in [1.54, 1.807) is 0 Å². The van der Waals surface area contributed by atoms with Gasteiger partial charge in [0.25, 0.3) is 5.69 Å². The average molecular weight is 262 g/mol. The number of nitriles is 1. The summed E-state index contributed by atoms with van der Waals surface area (Å²) in [5.41, 5.74) is -0.171. The first kappa shape index (κ1) is 13.3. The number of hydrogen-bond donors (Lipinski definition) is 0. The smallest absolute Gasteiger partial charge is 0.287 e. The van der Waals surface area contributed by atoms with E-state index in [2.05, 4.69) is 0 Å². The van der Waals surface area contributed by atoms with E-state index in [1.165, 1.54) is 18.2 Å². The Morgan fingerprint density at radius 3 is 2.84 bits per heavy atom. The molecule has 1 aromatic rings. The molecule has 0 radical (unpaired) electrons. The van der Waals surface area contributed by atoms with Crippen molar-refractivity contribution in [1.29, 1.82) is 5.26 Å². The minimum atomic E-state index is -0.569. The summed E-state index contributed by atoms with van der Waals surface area (Å²) in [7, 11) is 0. The Morgan fingerprint density at radius 1 is 1.47 bits per heavy atom. The molecule has 6 heteroatoms. The highest BCUT2D eigenvalue weighted by Gasteiger charge is 2.17. The Bertz CT molecular complexity index is 504. The van der Waals surface area contributed by atoms with Crippen LogP contribution in [-0.4, -0.2) is 24.7 Å². The van der Waals surface area contributed by atoms with E-state index in [0.29, 0.717) is 18.3 Å². The van der Waals surface area contributed by atoms with Gasteiger partial charge in [-0.15, -0.1) is 0 Å². The maximum atomic E-state index is 10.7. The molecule has 1 aromatic carbocycles. The molecule has 0 amide bonds. The Morgan fingerprint density at radius 2 is 2.21 bits per heavy atom. The quantitative estimate of drug-likeness (QED) is 0.613. The van der Waals surface area contributed by atoms with Crippen molar-refractivity contribution in [2.75, 3.05) is 19.8 Å². The topological polar surface area (TPSA) is 85.4 Å². The van der Waals surface area contributed by atoms with Crippen LogP contribution in [0.25, 0.3) is 0 Å². The van der Waals surface area contributed by atoms with E-state index in [4.69, 9.17) is 14.7 Å². The molecule has 1 aliphatic rings. The van der Waals surface area contributed by atoms with E-state index >= 15 is 0 Å². The maximum absolute atomic E-state index is 10.7. The molecule has 0 aliphatic carbocycles. The van der Waals surface area contributed by atoms with Gasteiger partial charge in [-0.05, 0) is 24.8 Å². The molecule has 100 valence electrons. The van der Waals surface area contributed by atoms with Gasteiger partial charge < -0.3 is 9.47 Å². The first-order valence-corrected chi connectivity index (χ1v) is 6.10. The third kappa shape index (κ3) is 3.42. The molecule has 1 aliphatic heterocycles. The van der Waals surface area contributed by atoms with Crippen molar-refractivity contribution in [3.05, 3.63) is 33.9 Å². The second kappa shape index (κ2) is 6.16. The lowest BCUT2D eigenvalue weighted by Gasteiger charge is -2.22. The van der Waals surface area contributed by atoms with E-state index in [-0.39, 0.29) is 11.3 Å². The second-order valence-electron chi connectivity index (χ2n) is 4.41. The zero-order valence-electron chi connectivity index (χ0n) is 10.4. The van der Waals surface area contributed by atoms with E-state index in [9.17, 15) is 10.1 Å². The van der Waals surface area contributed by atoms with Crippen LogP contribution < -0.4 is 4.74 Å². The number of nitro benzene ring substituents is 1. The molecular formula is C13H14N2O4. The van der Waals surface area contributed by atoms with Crippen LogP contribution in [0.2, 0.25) is 0 Å². The van der Waals surface area contributed by atoms with Gasteiger partial charge in [-0.25, -0.2) is 0 Å². The molecule has 6 nitrogen and oxygen atoms in total. The minimum absolute atomic E-state index is 0.0227. The Kier molecular flexibility index (Phi) is 4.31. The standard InChI is InChI=1S/C13H14N2O4/c14-8-11-7-12(1-2-13(11)15(16)17)19-9-10-3-5-18-6-4-10/h1-2,7,10H,3-6,9H2. The summed E-state index contributed by atoms with van der Waals surface area (Å²) in [5, 5.41) is 19.6. The number of nitro groups is 1. The first-order valence-electron chi connectivity index (χ1n) is 6.10. The zero-order chi connectivity index (χ0) is 13.7. The van der Waals surface area contributed by atoms with Crippen LogP contribution >= 0.6 is 0 Å². The van der Waals surface area contributed by atoms with Crippen molar-refractivity contribution in [3.63, 3.8) is 0 Å². The maximum Gasteiger partial charge on any atom is 0.287 e. The molecule has 0 aromatic heterocycles. The van der Waals surface area contributed by atoms with Gasteiger partial charge in [0.15, 0.2) is 0 Å². The molecule has 0 unspecified atom stereocenters. The number of nitrogens with zero attached hydrogens (tertiary/aromatic N) is 2. The van der Waals surface area contributed by atoms with Crippen molar-refractivity contribution in [2.45, 2.75) is 12.8 Å². The fourth-order valence-electron chi connectivity index (χ4n) is 1.98. The molecule has 0 N–H and O–H groups in total. The monoisotopic (exact) mass is 262 g/mol. The number of rotatable bonds is 4. The molecule has 1 saturated heterocycles. The van der Waals surface area contributed by atoms with Crippen molar-refractivity contribution in [3.8, 4) is 11.8 Å². The predicted octanol–water partition coefficient (Wildman–Crippen LogP) is 2.27. The van der Waals surface area contributed by atoms with Gasteiger partial charge in [0.1, 0.15) is 17.4 Å². The van der Waals surface area contributed by atoms with Crippen molar-refractivity contribution in [1.82, 2.24) is 0 Å². The summed E-state index contributed by atoms with van der Waals surface area (Å²) in [4.78, 5) is 10.1. The van der Waals surface area contributed by atoms with Crippen molar-refractivity contribution in [2.24, 2.45) is 5.92 Å². The van der Waals surface area contributed by atoms with Crippen LogP contribution in [0.5, 0.6) is 5.75 Å². The molecule has 1 heterocycles. The van der Waals surface area contributed by atoms with Gasteiger partial charge in [0, 0.05) is 25.3 Å². The SMILES string of the molecule is N#Cc1cc(OCC2CCOCC2)ccc1[N+](=O)[O-]. The fraction of sp³-hybridized carbons (Fsp3) is 0.462. The highest BCUT2D eigenvalue weighted by atomic mass is 16.6. The van der Waals surface area contributed by atoms with Crippen molar-refractivity contribution >= 4 is 5.69 Å². The predicted molar refractivity (Wildman–Crippen MR) is 66.8 cm³/mol. The zero-order valence-corrected chi connectivity index (χ0v) is 10.4. The highest BCUT2D eigenvalue weighted by Crippen LogP contribution is 2.24. The lowest BCUT2D eigenvalue weighted by Crippen LogP contribution is -2.21. The lowest BCUT2D eigenvalue weighted by atomic mass is 10.0. The van der Waals surface area contributed by atoms with Gasteiger partial charge in [-0.3, -0.25) is 10.1 Å². The van der Waals surface area contributed by atoms with Gasteiger partial charge in [0.05, 0.1) is 11.5 Å². The third-order valence-electron chi connectivity index (χ3n) is 3.11. The largest absolute Gasteiger partial charge is 0.493 e. The normalized spacial score (nSPS) is 15.7. The Labute approximate surface area is 110 Å². The number of ether oxygens (including phenoxy) is 2. The highest BCUT2D eigenvalue weighted by molar-refractivity contribution is 5.52. The molecular weight excluding hydrogens is 248 g/mol. The van der Waals surface area contributed by atoms with Crippen LogP contribution in [-0.2, 0) is 4.74 Å². The molecule has 2 rings (SSSR count). The van der Waals surface area contributed by atoms with Crippen LogP contribution in [0.4, 0.5) is 5.69 Å². The molecule has 19 heavy (non-hydrogen) atoms. The van der Waals surface area contributed by atoms with Gasteiger partial charge in [-0.2, -0.15) is 5.26 Å². The number of hydrogen-bond acceptors (Lipinski definition) is 5. The van der Waals surface area contributed by atoms with Gasteiger partial charge in [0.2, 0.25) is 0 Å². The summed E-state index contributed by atoms with van der Waals surface area (Å²) < 4.78 is 10.9. The summed E-state index contributed by atoms with van der Waals surface area (Å²) in [6.45, 7) is 2.04. The van der Waals surface area contributed by atoms with Gasteiger partial charge in [-0.1, -0.05) is 0 Å². The fourth-order valence-corrected chi connectivity index (χ4v) is 1.98. The second-order valence-corrected chi connectivity index (χ2v) is 4.41.